The minimum Gasteiger partial charge on any atom is -0.480 e. The smallest absolute Gasteiger partial charge is 0.326 e. The van der Waals surface area contributed by atoms with Gasteiger partial charge in [-0.1, -0.05) is 84.0 Å². The van der Waals surface area contributed by atoms with Crippen molar-refractivity contribution in [3.8, 4) is 0 Å². The number of carbonyl (C=O) groups excluding carboxylic acids is 1. The minimum atomic E-state index is -0.851. The Kier molecular flexibility index (Phi) is 12.4. The lowest BCUT2D eigenvalue weighted by molar-refractivity contribution is -0.148. The molecule has 1 N–H and O–H groups in total. The number of carboxylic acids is 1. The fraction of sp³-hybridized carbons (Fsp3) is 0.905. The van der Waals surface area contributed by atoms with E-state index in [0.29, 0.717) is 19.4 Å². The molecule has 0 aliphatic carbocycles. The lowest BCUT2D eigenvalue weighted by Gasteiger charge is -2.21. The van der Waals surface area contributed by atoms with E-state index in [1.165, 1.54) is 70.6 Å². The van der Waals surface area contributed by atoms with Crippen LogP contribution in [0.25, 0.3) is 0 Å². The molecule has 0 spiro atoms. The Balaban J connectivity index is 1.88. The zero-order chi connectivity index (χ0) is 18.3. The van der Waals surface area contributed by atoms with Gasteiger partial charge in [-0.05, 0) is 19.3 Å². The van der Waals surface area contributed by atoms with Crippen LogP contribution in [0.1, 0.15) is 110 Å². The summed E-state index contributed by atoms with van der Waals surface area (Å²) in [6, 6.07) is -0.575. The van der Waals surface area contributed by atoms with E-state index in [1.807, 2.05) is 0 Å². The van der Waals surface area contributed by atoms with Crippen LogP contribution < -0.4 is 0 Å². The molecule has 1 atom stereocenters. The van der Waals surface area contributed by atoms with Crippen LogP contribution >= 0.6 is 0 Å². The number of hydrogen-bond acceptors (Lipinski definition) is 2. The van der Waals surface area contributed by atoms with Gasteiger partial charge in [0.1, 0.15) is 6.04 Å². The summed E-state index contributed by atoms with van der Waals surface area (Å²) in [6.07, 6.45) is 18.7. The summed E-state index contributed by atoms with van der Waals surface area (Å²) in [5, 5.41) is 9.12. The molecule has 1 saturated heterocycles. The number of amides is 1. The second-order valence-electron chi connectivity index (χ2n) is 7.58. The molecule has 4 nitrogen and oxygen atoms in total. The molecule has 0 saturated carbocycles. The number of carboxylic acid groups (broad SMARTS) is 1. The summed E-state index contributed by atoms with van der Waals surface area (Å²) >= 11 is 0. The maximum atomic E-state index is 12.1. The molecule has 1 aliphatic heterocycles. The molecule has 1 amide bonds. The highest BCUT2D eigenvalue weighted by Crippen LogP contribution is 2.19. The van der Waals surface area contributed by atoms with E-state index in [1.54, 1.807) is 4.90 Å². The third kappa shape index (κ3) is 9.86. The topological polar surface area (TPSA) is 57.6 Å². The number of unbranched alkanes of at least 4 members (excludes halogenated alkanes) is 12. The fourth-order valence-electron chi connectivity index (χ4n) is 3.76. The van der Waals surface area contributed by atoms with E-state index in [0.717, 1.165) is 19.3 Å². The summed E-state index contributed by atoms with van der Waals surface area (Å²) in [7, 11) is 0. The van der Waals surface area contributed by atoms with Crippen LogP contribution in [0.5, 0.6) is 0 Å². The average Bonchev–Trinajstić information content (AvgIpc) is 3.09. The molecule has 0 radical (unpaired) electrons. The Hall–Kier alpha value is -1.06. The Labute approximate surface area is 154 Å². The van der Waals surface area contributed by atoms with Gasteiger partial charge in [0, 0.05) is 13.0 Å². The molecule has 4 heteroatoms. The van der Waals surface area contributed by atoms with Gasteiger partial charge in [0.15, 0.2) is 0 Å². The third-order valence-corrected chi connectivity index (χ3v) is 5.35. The maximum absolute atomic E-state index is 12.1. The van der Waals surface area contributed by atoms with E-state index in [9.17, 15) is 9.59 Å². The van der Waals surface area contributed by atoms with E-state index < -0.39 is 12.0 Å². The number of carbonyl (C=O) groups is 2. The fourth-order valence-corrected chi connectivity index (χ4v) is 3.76. The molecular formula is C21H39NO3. The van der Waals surface area contributed by atoms with Gasteiger partial charge < -0.3 is 10.0 Å². The van der Waals surface area contributed by atoms with Gasteiger partial charge in [0.05, 0.1) is 0 Å². The molecule has 1 heterocycles. The largest absolute Gasteiger partial charge is 0.480 e. The first-order valence-corrected chi connectivity index (χ1v) is 10.7. The van der Waals surface area contributed by atoms with Crippen molar-refractivity contribution in [2.24, 2.45) is 0 Å². The van der Waals surface area contributed by atoms with Crippen molar-refractivity contribution in [1.82, 2.24) is 4.90 Å². The van der Waals surface area contributed by atoms with Crippen LogP contribution in [0.2, 0.25) is 0 Å². The van der Waals surface area contributed by atoms with Crippen molar-refractivity contribution in [2.75, 3.05) is 6.54 Å². The highest BCUT2D eigenvalue weighted by Gasteiger charge is 2.33. The SMILES string of the molecule is CCCCCCCCCCCCCCCC(=O)N1CCCC1C(=O)O. The average molecular weight is 354 g/mol. The van der Waals surface area contributed by atoms with E-state index in [-0.39, 0.29) is 5.91 Å². The molecular weight excluding hydrogens is 314 g/mol. The summed E-state index contributed by atoms with van der Waals surface area (Å²) < 4.78 is 0. The zero-order valence-electron chi connectivity index (χ0n) is 16.3. The molecule has 0 aromatic heterocycles. The number of hydrogen-bond donors (Lipinski definition) is 1. The Morgan fingerprint density at radius 3 is 1.80 bits per heavy atom. The highest BCUT2D eigenvalue weighted by molar-refractivity contribution is 5.84. The van der Waals surface area contributed by atoms with Crippen molar-refractivity contribution >= 4 is 11.9 Å². The van der Waals surface area contributed by atoms with E-state index in [2.05, 4.69) is 6.92 Å². The van der Waals surface area contributed by atoms with Gasteiger partial charge in [0.25, 0.3) is 0 Å². The van der Waals surface area contributed by atoms with Crippen LogP contribution in [0, 0.1) is 0 Å². The number of nitrogens with zero attached hydrogens (tertiary/aromatic N) is 1. The van der Waals surface area contributed by atoms with E-state index >= 15 is 0 Å². The quantitative estimate of drug-likeness (QED) is 0.393. The van der Waals surface area contributed by atoms with Crippen LogP contribution in [0.4, 0.5) is 0 Å². The first-order valence-electron chi connectivity index (χ1n) is 10.7. The molecule has 1 fully saturated rings. The Morgan fingerprint density at radius 1 is 0.840 bits per heavy atom. The zero-order valence-corrected chi connectivity index (χ0v) is 16.3. The lowest BCUT2D eigenvalue weighted by Crippen LogP contribution is -2.40. The second-order valence-corrected chi connectivity index (χ2v) is 7.58. The molecule has 1 unspecified atom stereocenters. The van der Waals surface area contributed by atoms with Crippen molar-refractivity contribution in [3.63, 3.8) is 0 Å². The summed E-state index contributed by atoms with van der Waals surface area (Å²) in [5.74, 6) is -0.816. The number of likely N-dealkylation sites (tertiary alicyclic amines) is 1. The highest BCUT2D eigenvalue weighted by atomic mass is 16.4. The first kappa shape index (κ1) is 22.0. The maximum Gasteiger partial charge on any atom is 0.326 e. The van der Waals surface area contributed by atoms with Crippen molar-refractivity contribution < 1.29 is 14.7 Å². The van der Waals surface area contributed by atoms with Crippen LogP contribution in [0.3, 0.4) is 0 Å². The Morgan fingerprint density at radius 2 is 1.32 bits per heavy atom. The van der Waals surface area contributed by atoms with E-state index in [4.69, 9.17) is 5.11 Å². The third-order valence-electron chi connectivity index (χ3n) is 5.35. The van der Waals surface area contributed by atoms with Crippen molar-refractivity contribution in [1.29, 1.82) is 0 Å². The first-order chi connectivity index (χ1) is 12.2. The second kappa shape index (κ2) is 14.1. The van der Waals surface area contributed by atoms with Gasteiger partial charge in [-0.25, -0.2) is 4.79 Å². The molecule has 0 bridgehead atoms. The van der Waals surface area contributed by atoms with Gasteiger partial charge in [-0.3, -0.25) is 4.79 Å². The van der Waals surface area contributed by atoms with Gasteiger partial charge >= 0.3 is 5.97 Å². The monoisotopic (exact) mass is 353 g/mol. The van der Waals surface area contributed by atoms with Crippen LogP contribution in [-0.4, -0.2) is 34.5 Å². The molecule has 1 aliphatic rings. The number of aliphatic carboxylic acids is 1. The standard InChI is InChI=1S/C21H39NO3/c1-2-3-4-5-6-7-8-9-10-11-12-13-14-17-20(23)22-18-15-16-19(22)21(24)25/h19H,2-18H2,1H3,(H,24,25). The molecule has 146 valence electrons. The summed E-state index contributed by atoms with van der Waals surface area (Å²) in [4.78, 5) is 24.8. The number of rotatable bonds is 15. The van der Waals surface area contributed by atoms with Gasteiger partial charge in [-0.2, -0.15) is 0 Å². The molecule has 0 aromatic rings. The predicted molar refractivity (Wildman–Crippen MR) is 103 cm³/mol. The van der Waals surface area contributed by atoms with Gasteiger partial charge in [-0.15, -0.1) is 0 Å². The molecule has 0 aromatic carbocycles. The summed E-state index contributed by atoms with van der Waals surface area (Å²) in [5.41, 5.74) is 0. The molecule has 25 heavy (non-hydrogen) atoms. The Bertz CT molecular complexity index is 370. The van der Waals surface area contributed by atoms with Gasteiger partial charge in [0.2, 0.25) is 5.91 Å². The van der Waals surface area contributed by atoms with Crippen LogP contribution in [-0.2, 0) is 9.59 Å². The predicted octanol–water partition coefficient (Wildman–Crippen LogP) is 5.54. The van der Waals surface area contributed by atoms with Crippen molar-refractivity contribution in [3.05, 3.63) is 0 Å². The van der Waals surface area contributed by atoms with Crippen molar-refractivity contribution in [2.45, 2.75) is 116 Å². The minimum absolute atomic E-state index is 0.0352. The lowest BCUT2D eigenvalue weighted by atomic mass is 10.0. The van der Waals surface area contributed by atoms with Crippen LogP contribution in [0.15, 0.2) is 0 Å². The summed E-state index contributed by atoms with van der Waals surface area (Å²) in [6.45, 7) is 2.88. The molecule has 1 rings (SSSR count). The normalized spacial score (nSPS) is 17.2.